The van der Waals surface area contributed by atoms with Crippen LogP contribution in [0.15, 0.2) is 23.1 Å². The van der Waals surface area contributed by atoms with Crippen LogP contribution in [0.5, 0.6) is 0 Å². The Morgan fingerprint density at radius 3 is 2.57 bits per heavy atom. The summed E-state index contributed by atoms with van der Waals surface area (Å²) in [7, 11) is 0. The molecule has 1 atom stereocenters. The van der Waals surface area contributed by atoms with Crippen LogP contribution in [0.4, 0.5) is 23.7 Å². The first-order valence-corrected chi connectivity index (χ1v) is 11.3. The third-order valence-electron chi connectivity index (χ3n) is 5.04. The number of benzene rings is 1. The minimum atomic E-state index is -4.27. The second-order valence-electron chi connectivity index (χ2n) is 7.59. The van der Waals surface area contributed by atoms with Crippen molar-refractivity contribution in [3.63, 3.8) is 0 Å². The Morgan fingerprint density at radius 1 is 1.27 bits per heavy atom. The van der Waals surface area contributed by atoms with Gasteiger partial charge in [-0.2, -0.15) is 13.2 Å². The Labute approximate surface area is 181 Å². The van der Waals surface area contributed by atoms with Crippen molar-refractivity contribution in [3.05, 3.63) is 23.8 Å². The molecule has 0 bridgehead atoms. The summed E-state index contributed by atoms with van der Waals surface area (Å²) in [4.78, 5) is 17.7. The highest BCUT2D eigenvalue weighted by molar-refractivity contribution is 7.99. The predicted octanol–water partition coefficient (Wildman–Crippen LogP) is 5.00. The lowest BCUT2D eigenvalue weighted by molar-refractivity contribution is -0.174. The number of rotatable bonds is 9. The van der Waals surface area contributed by atoms with E-state index in [0.717, 1.165) is 17.7 Å². The van der Waals surface area contributed by atoms with Crippen LogP contribution < -0.4 is 5.32 Å². The van der Waals surface area contributed by atoms with Crippen LogP contribution >= 0.6 is 11.8 Å². The number of hydrogen-bond acceptors (Lipinski definition) is 4. The highest BCUT2D eigenvalue weighted by Crippen LogP contribution is 2.28. The summed E-state index contributed by atoms with van der Waals surface area (Å²) in [5.74, 6) is 0. The monoisotopic (exact) mass is 447 g/mol. The van der Waals surface area contributed by atoms with Crippen LogP contribution in [0.3, 0.4) is 0 Å². The number of hydrogen-bond donors (Lipinski definition) is 1. The smallest absolute Gasteiger partial charge is 0.372 e. The van der Waals surface area contributed by atoms with Crippen molar-refractivity contribution in [2.45, 2.75) is 49.9 Å². The van der Waals surface area contributed by atoms with Gasteiger partial charge in [0.05, 0.1) is 0 Å². The molecule has 0 aromatic heterocycles. The molecule has 1 saturated heterocycles. The lowest BCUT2D eigenvalue weighted by atomic mass is 10.2. The van der Waals surface area contributed by atoms with E-state index in [1.165, 1.54) is 4.90 Å². The molecule has 0 saturated carbocycles. The first-order valence-electron chi connectivity index (χ1n) is 10.4. The van der Waals surface area contributed by atoms with Crippen molar-refractivity contribution >= 4 is 23.5 Å². The summed E-state index contributed by atoms with van der Waals surface area (Å²) in [5, 5.41) is 3.55. The standard InChI is InChI=1S/C21H32F3N3O2S/c1-4-17(3)30-18-6-7-19(16(2)14-18)25-20(28)27-11-9-26(10-12-27)8-5-13-29-15-21(22,23)24/h6-7,14,17H,4-5,8-13,15H2,1-3H3,(H,25,28). The fraction of sp³-hybridized carbons (Fsp3) is 0.667. The molecule has 1 N–H and O–H groups in total. The molecule has 1 aliphatic heterocycles. The second kappa shape index (κ2) is 11.8. The molecule has 5 nitrogen and oxygen atoms in total. The van der Waals surface area contributed by atoms with Crippen LogP contribution in [0.1, 0.15) is 32.3 Å². The van der Waals surface area contributed by atoms with Gasteiger partial charge in [0, 0.05) is 55.2 Å². The number of thioether (sulfide) groups is 1. The number of nitrogens with zero attached hydrogens (tertiary/aromatic N) is 2. The van der Waals surface area contributed by atoms with E-state index in [0.29, 0.717) is 44.4 Å². The first-order chi connectivity index (χ1) is 14.2. The second-order valence-corrected chi connectivity index (χ2v) is 9.11. The van der Waals surface area contributed by atoms with Crippen LogP contribution in [-0.4, -0.2) is 73.2 Å². The lowest BCUT2D eigenvalue weighted by Gasteiger charge is -2.34. The first kappa shape index (κ1) is 24.8. The molecule has 30 heavy (non-hydrogen) atoms. The van der Waals surface area contributed by atoms with E-state index < -0.39 is 12.8 Å². The molecule has 1 heterocycles. The minimum Gasteiger partial charge on any atom is -0.372 e. The van der Waals surface area contributed by atoms with Crippen LogP contribution in [-0.2, 0) is 4.74 Å². The molecule has 1 unspecified atom stereocenters. The van der Waals surface area contributed by atoms with E-state index in [9.17, 15) is 18.0 Å². The maximum Gasteiger partial charge on any atom is 0.411 e. The quantitative estimate of drug-likeness (QED) is 0.427. The molecule has 2 rings (SSSR count). The van der Waals surface area contributed by atoms with Crippen molar-refractivity contribution in [2.24, 2.45) is 0 Å². The molecule has 1 aromatic rings. The fourth-order valence-electron chi connectivity index (χ4n) is 3.11. The Kier molecular flexibility index (Phi) is 9.77. The number of piperazine rings is 1. The Hall–Kier alpha value is -1.45. The average Bonchev–Trinajstić information content (AvgIpc) is 2.69. The van der Waals surface area contributed by atoms with Gasteiger partial charge in [0.1, 0.15) is 6.61 Å². The molecule has 1 fully saturated rings. The summed E-state index contributed by atoms with van der Waals surface area (Å²) >= 11 is 1.83. The average molecular weight is 448 g/mol. The molecule has 0 aliphatic carbocycles. The number of urea groups is 1. The van der Waals surface area contributed by atoms with Gasteiger partial charge in [-0.15, -0.1) is 11.8 Å². The molecule has 2 amide bonds. The zero-order chi connectivity index (χ0) is 22.1. The number of halogens is 3. The van der Waals surface area contributed by atoms with Crippen molar-refractivity contribution < 1.29 is 22.7 Å². The topological polar surface area (TPSA) is 44.8 Å². The summed E-state index contributed by atoms with van der Waals surface area (Å²) in [5.41, 5.74) is 1.85. The molecule has 0 radical (unpaired) electrons. The van der Waals surface area contributed by atoms with Gasteiger partial charge in [-0.25, -0.2) is 4.79 Å². The van der Waals surface area contributed by atoms with Crippen LogP contribution in [0.25, 0.3) is 0 Å². The maximum absolute atomic E-state index is 12.6. The number of amides is 2. The van der Waals surface area contributed by atoms with Crippen molar-refractivity contribution in [3.8, 4) is 0 Å². The van der Waals surface area contributed by atoms with Gasteiger partial charge in [0.25, 0.3) is 0 Å². The number of carbonyl (C=O) groups excluding carboxylic acids is 1. The lowest BCUT2D eigenvalue weighted by Crippen LogP contribution is -2.50. The molecule has 9 heteroatoms. The van der Waals surface area contributed by atoms with E-state index in [-0.39, 0.29) is 12.6 Å². The number of ether oxygens (including phenoxy) is 1. The third kappa shape index (κ3) is 8.73. The fourth-order valence-corrected chi connectivity index (χ4v) is 4.14. The van der Waals surface area contributed by atoms with Crippen molar-refractivity contribution in [2.75, 3.05) is 51.3 Å². The molecular formula is C21H32F3N3O2S. The summed E-state index contributed by atoms with van der Waals surface area (Å²) in [6, 6.07) is 5.98. The summed E-state index contributed by atoms with van der Waals surface area (Å²) in [6.45, 7) is 8.52. The van der Waals surface area contributed by atoms with Gasteiger partial charge in [0.2, 0.25) is 0 Å². The highest BCUT2D eigenvalue weighted by Gasteiger charge is 2.27. The largest absolute Gasteiger partial charge is 0.411 e. The number of anilines is 1. The van der Waals surface area contributed by atoms with Crippen LogP contribution in [0.2, 0.25) is 0 Å². The van der Waals surface area contributed by atoms with Gasteiger partial charge in [-0.3, -0.25) is 4.90 Å². The summed E-state index contributed by atoms with van der Waals surface area (Å²) in [6.07, 6.45) is -2.62. The summed E-state index contributed by atoms with van der Waals surface area (Å²) < 4.78 is 40.8. The van der Waals surface area contributed by atoms with Gasteiger partial charge in [0.15, 0.2) is 0 Å². The van der Waals surface area contributed by atoms with E-state index in [1.54, 1.807) is 4.90 Å². The SMILES string of the molecule is CCC(C)Sc1ccc(NC(=O)N2CCN(CCCOCC(F)(F)F)CC2)c(C)c1. The van der Waals surface area contributed by atoms with Gasteiger partial charge < -0.3 is 15.0 Å². The van der Waals surface area contributed by atoms with E-state index in [2.05, 4.69) is 34.9 Å². The van der Waals surface area contributed by atoms with Gasteiger partial charge >= 0.3 is 12.2 Å². The van der Waals surface area contributed by atoms with Crippen molar-refractivity contribution in [1.82, 2.24) is 9.80 Å². The molecule has 1 aromatic carbocycles. The normalized spacial score (nSPS) is 16.5. The minimum absolute atomic E-state index is 0.0881. The van der Waals surface area contributed by atoms with E-state index in [1.807, 2.05) is 30.8 Å². The Bertz CT molecular complexity index is 680. The molecule has 1 aliphatic rings. The maximum atomic E-state index is 12.6. The molecule has 0 spiro atoms. The molecular weight excluding hydrogens is 415 g/mol. The number of carbonyl (C=O) groups is 1. The highest BCUT2D eigenvalue weighted by atomic mass is 32.2. The van der Waals surface area contributed by atoms with Crippen LogP contribution in [0, 0.1) is 6.92 Å². The van der Waals surface area contributed by atoms with E-state index >= 15 is 0 Å². The predicted molar refractivity (Wildman–Crippen MR) is 115 cm³/mol. The van der Waals surface area contributed by atoms with Crippen molar-refractivity contribution in [1.29, 1.82) is 0 Å². The number of aryl methyl sites for hydroxylation is 1. The Balaban J connectivity index is 1.71. The zero-order valence-electron chi connectivity index (χ0n) is 17.9. The van der Waals surface area contributed by atoms with E-state index in [4.69, 9.17) is 0 Å². The zero-order valence-corrected chi connectivity index (χ0v) is 18.7. The molecule has 170 valence electrons. The number of alkyl halides is 3. The van der Waals surface area contributed by atoms with Gasteiger partial charge in [-0.05, 0) is 43.5 Å². The number of nitrogens with one attached hydrogen (secondary N) is 1. The Morgan fingerprint density at radius 2 is 1.97 bits per heavy atom. The van der Waals surface area contributed by atoms with Gasteiger partial charge in [-0.1, -0.05) is 13.8 Å². The third-order valence-corrected chi connectivity index (χ3v) is 6.30.